The molecule has 0 saturated heterocycles. The van der Waals surface area contributed by atoms with E-state index in [1.807, 2.05) is 25.1 Å². The van der Waals surface area contributed by atoms with Crippen LogP contribution in [-0.4, -0.2) is 17.6 Å². The van der Waals surface area contributed by atoms with Crippen LogP contribution >= 0.6 is 23.2 Å². The zero-order chi connectivity index (χ0) is 15.2. The Bertz CT molecular complexity index is 588. The van der Waals surface area contributed by atoms with Crippen LogP contribution in [-0.2, 0) is 6.42 Å². The molecule has 0 bridgehead atoms. The van der Waals surface area contributed by atoms with Crippen molar-refractivity contribution in [3.05, 3.63) is 52.0 Å². The van der Waals surface area contributed by atoms with E-state index in [-0.39, 0.29) is 6.04 Å². The third-order valence-electron chi connectivity index (χ3n) is 3.04. The minimum atomic E-state index is 0.216. The lowest BCUT2D eigenvalue weighted by Gasteiger charge is -2.17. The molecule has 1 unspecified atom stereocenters. The Morgan fingerprint density at radius 1 is 1.10 bits per heavy atom. The Morgan fingerprint density at radius 3 is 2.43 bits per heavy atom. The van der Waals surface area contributed by atoms with Crippen LogP contribution in [0.1, 0.15) is 19.4 Å². The Morgan fingerprint density at radius 2 is 1.76 bits per heavy atom. The number of aromatic nitrogens is 1. The van der Waals surface area contributed by atoms with E-state index >= 15 is 0 Å². The Hall–Kier alpha value is -1.45. The monoisotopic (exact) mass is 323 g/mol. The molecule has 2 N–H and O–H groups in total. The van der Waals surface area contributed by atoms with Gasteiger partial charge in [0, 0.05) is 12.6 Å². The SMILES string of the molecule is CCNc1nc(NC(C)Cc2ccccc2)c(Cl)cc1Cl. The van der Waals surface area contributed by atoms with Crippen molar-refractivity contribution >= 4 is 34.8 Å². The Balaban J connectivity index is 2.09. The summed E-state index contributed by atoms with van der Waals surface area (Å²) < 4.78 is 0. The van der Waals surface area contributed by atoms with Gasteiger partial charge in [0.15, 0.2) is 0 Å². The second kappa shape index (κ2) is 7.53. The summed E-state index contributed by atoms with van der Waals surface area (Å²) in [6.45, 7) is 4.86. The fourth-order valence-electron chi connectivity index (χ4n) is 2.11. The molecule has 1 atom stereocenters. The maximum absolute atomic E-state index is 6.21. The van der Waals surface area contributed by atoms with Gasteiger partial charge in [0.25, 0.3) is 0 Å². The predicted octanol–water partition coefficient (Wildman–Crippen LogP) is 4.86. The van der Waals surface area contributed by atoms with Crippen LogP contribution in [0.4, 0.5) is 11.6 Å². The molecule has 0 radical (unpaired) electrons. The number of hydrogen-bond acceptors (Lipinski definition) is 3. The summed E-state index contributed by atoms with van der Waals surface area (Å²) in [5.74, 6) is 1.30. The average molecular weight is 324 g/mol. The van der Waals surface area contributed by atoms with Gasteiger partial charge in [-0.05, 0) is 31.9 Å². The predicted molar refractivity (Wildman–Crippen MR) is 91.7 cm³/mol. The maximum Gasteiger partial charge on any atom is 0.147 e. The number of benzene rings is 1. The molecule has 0 aliphatic rings. The highest BCUT2D eigenvalue weighted by atomic mass is 35.5. The van der Waals surface area contributed by atoms with E-state index in [1.165, 1.54) is 5.56 Å². The second-order valence-electron chi connectivity index (χ2n) is 4.91. The van der Waals surface area contributed by atoms with E-state index in [9.17, 15) is 0 Å². The molecule has 0 saturated carbocycles. The molecule has 3 nitrogen and oxygen atoms in total. The van der Waals surface area contributed by atoms with Crippen molar-refractivity contribution in [3.63, 3.8) is 0 Å². The molecule has 5 heteroatoms. The highest BCUT2D eigenvalue weighted by Gasteiger charge is 2.11. The van der Waals surface area contributed by atoms with E-state index < -0.39 is 0 Å². The number of hydrogen-bond donors (Lipinski definition) is 2. The fourth-order valence-corrected chi connectivity index (χ4v) is 2.59. The van der Waals surface area contributed by atoms with Crippen LogP contribution in [0, 0.1) is 0 Å². The van der Waals surface area contributed by atoms with Gasteiger partial charge in [-0.3, -0.25) is 0 Å². The first-order valence-corrected chi connectivity index (χ1v) is 7.76. The summed E-state index contributed by atoms with van der Waals surface area (Å²) in [5.41, 5.74) is 1.27. The molecule has 1 heterocycles. The van der Waals surface area contributed by atoms with E-state index in [1.54, 1.807) is 6.07 Å². The first-order chi connectivity index (χ1) is 10.1. The summed E-state index contributed by atoms with van der Waals surface area (Å²) in [6, 6.07) is 12.2. The lowest BCUT2D eigenvalue weighted by Crippen LogP contribution is -2.19. The van der Waals surface area contributed by atoms with Crippen molar-refractivity contribution in [2.24, 2.45) is 0 Å². The van der Waals surface area contributed by atoms with Gasteiger partial charge in [-0.2, -0.15) is 0 Å². The van der Waals surface area contributed by atoms with Crippen LogP contribution in [0.2, 0.25) is 10.0 Å². The number of rotatable bonds is 6. The fraction of sp³-hybridized carbons (Fsp3) is 0.312. The van der Waals surface area contributed by atoms with Gasteiger partial charge in [0.05, 0.1) is 10.0 Å². The normalized spacial score (nSPS) is 12.0. The standard InChI is InChI=1S/C16H19Cl2N3/c1-3-19-15-13(17)10-14(18)16(21-15)20-11(2)9-12-7-5-4-6-8-12/h4-8,10-11H,3,9H2,1-2H3,(H2,19,20,21). The topological polar surface area (TPSA) is 37.0 Å². The molecular formula is C16H19Cl2N3. The largest absolute Gasteiger partial charge is 0.369 e. The van der Waals surface area contributed by atoms with E-state index in [0.29, 0.717) is 21.7 Å². The van der Waals surface area contributed by atoms with Crippen molar-refractivity contribution < 1.29 is 0 Å². The van der Waals surface area contributed by atoms with Crippen molar-refractivity contribution in [2.75, 3.05) is 17.2 Å². The van der Waals surface area contributed by atoms with Gasteiger partial charge in [-0.25, -0.2) is 4.98 Å². The second-order valence-corrected chi connectivity index (χ2v) is 5.73. The number of halogens is 2. The molecule has 1 aromatic carbocycles. The first-order valence-electron chi connectivity index (χ1n) is 7.00. The maximum atomic E-state index is 6.21. The lowest BCUT2D eigenvalue weighted by molar-refractivity contribution is 0.785. The summed E-state index contributed by atoms with van der Waals surface area (Å²) in [5, 5.41) is 7.53. The first kappa shape index (κ1) is 15.9. The number of nitrogens with zero attached hydrogens (tertiary/aromatic N) is 1. The third kappa shape index (κ3) is 4.51. The van der Waals surface area contributed by atoms with Crippen LogP contribution < -0.4 is 10.6 Å². The zero-order valence-corrected chi connectivity index (χ0v) is 13.7. The highest BCUT2D eigenvalue weighted by molar-refractivity contribution is 6.37. The van der Waals surface area contributed by atoms with Crippen LogP contribution in [0.3, 0.4) is 0 Å². The van der Waals surface area contributed by atoms with Crippen LogP contribution in [0.25, 0.3) is 0 Å². The van der Waals surface area contributed by atoms with E-state index in [4.69, 9.17) is 23.2 Å². The summed E-state index contributed by atoms with van der Waals surface area (Å²) >= 11 is 12.3. The van der Waals surface area contributed by atoms with Crippen molar-refractivity contribution in [3.8, 4) is 0 Å². The van der Waals surface area contributed by atoms with E-state index in [0.717, 1.165) is 13.0 Å². The smallest absolute Gasteiger partial charge is 0.147 e. The van der Waals surface area contributed by atoms with Crippen LogP contribution in [0.15, 0.2) is 36.4 Å². The average Bonchev–Trinajstić information content (AvgIpc) is 2.45. The minimum absolute atomic E-state index is 0.216. The Labute approximate surface area is 135 Å². The summed E-state index contributed by atoms with van der Waals surface area (Å²) in [7, 11) is 0. The molecule has 0 aliphatic heterocycles. The minimum Gasteiger partial charge on any atom is -0.369 e. The Kier molecular flexibility index (Phi) is 5.71. The molecule has 2 rings (SSSR count). The van der Waals surface area contributed by atoms with Crippen molar-refractivity contribution in [1.29, 1.82) is 0 Å². The van der Waals surface area contributed by atoms with E-state index in [2.05, 4.69) is 34.7 Å². The highest BCUT2D eigenvalue weighted by Crippen LogP contribution is 2.29. The number of pyridine rings is 1. The van der Waals surface area contributed by atoms with Crippen molar-refractivity contribution in [2.45, 2.75) is 26.3 Å². The number of anilines is 2. The lowest BCUT2D eigenvalue weighted by atomic mass is 10.1. The quantitative estimate of drug-likeness (QED) is 0.796. The molecule has 0 spiro atoms. The molecule has 0 aliphatic carbocycles. The zero-order valence-electron chi connectivity index (χ0n) is 12.2. The van der Waals surface area contributed by atoms with Gasteiger partial charge in [0.2, 0.25) is 0 Å². The molecule has 0 amide bonds. The van der Waals surface area contributed by atoms with Gasteiger partial charge in [-0.1, -0.05) is 53.5 Å². The molecule has 112 valence electrons. The molecule has 0 fully saturated rings. The van der Waals surface area contributed by atoms with Crippen molar-refractivity contribution in [1.82, 2.24) is 4.98 Å². The molecular weight excluding hydrogens is 305 g/mol. The summed E-state index contributed by atoms with van der Waals surface area (Å²) in [4.78, 5) is 4.46. The van der Waals surface area contributed by atoms with Gasteiger partial charge in [0.1, 0.15) is 11.6 Å². The molecule has 2 aromatic rings. The number of nitrogens with one attached hydrogen (secondary N) is 2. The van der Waals surface area contributed by atoms with Gasteiger partial charge >= 0.3 is 0 Å². The molecule has 21 heavy (non-hydrogen) atoms. The van der Waals surface area contributed by atoms with Gasteiger partial charge in [-0.15, -0.1) is 0 Å². The third-order valence-corrected chi connectivity index (χ3v) is 3.62. The van der Waals surface area contributed by atoms with Gasteiger partial charge < -0.3 is 10.6 Å². The van der Waals surface area contributed by atoms with Crippen LogP contribution in [0.5, 0.6) is 0 Å². The molecule has 1 aromatic heterocycles. The summed E-state index contributed by atoms with van der Waals surface area (Å²) in [6.07, 6.45) is 0.901.